The highest BCUT2D eigenvalue weighted by Gasteiger charge is 1.97. The van der Waals surface area contributed by atoms with Crippen LogP contribution >= 0.6 is 11.6 Å². The zero-order valence-corrected chi connectivity index (χ0v) is 11.1. The van der Waals surface area contributed by atoms with Crippen LogP contribution in [-0.2, 0) is 6.54 Å². The zero-order chi connectivity index (χ0) is 13.5. The fraction of sp³-hybridized carbons (Fsp3) is 0.214. The van der Waals surface area contributed by atoms with Crippen molar-refractivity contribution in [3.05, 3.63) is 53.2 Å². The molecule has 1 aromatic carbocycles. The van der Waals surface area contributed by atoms with E-state index in [4.69, 9.17) is 21.4 Å². The molecule has 0 saturated carbocycles. The van der Waals surface area contributed by atoms with Gasteiger partial charge in [0.1, 0.15) is 6.61 Å². The van der Waals surface area contributed by atoms with Crippen LogP contribution in [-0.4, -0.2) is 23.3 Å². The summed E-state index contributed by atoms with van der Waals surface area (Å²) in [6, 6.07) is 11.3. The first kappa shape index (κ1) is 13.6. The number of halogens is 1. The SMILES string of the molecule is OCCOc1ccc(NCc2ccc(Cl)cc2)cn1. The van der Waals surface area contributed by atoms with Crippen molar-refractivity contribution in [2.45, 2.75) is 6.54 Å². The second-order valence-electron chi connectivity index (χ2n) is 3.94. The Morgan fingerprint density at radius 1 is 1.16 bits per heavy atom. The Morgan fingerprint density at radius 2 is 1.95 bits per heavy atom. The maximum absolute atomic E-state index is 8.64. The molecule has 0 aliphatic rings. The van der Waals surface area contributed by atoms with Crippen LogP contribution in [0.5, 0.6) is 5.88 Å². The molecule has 0 bridgehead atoms. The number of anilines is 1. The second kappa shape index (κ2) is 6.97. The van der Waals surface area contributed by atoms with E-state index in [2.05, 4.69) is 10.3 Å². The summed E-state index contributed by atoms with van der Waals surface area (Å²) in [6.07, 6.45) is 1.70. The number of rotatable bonds is 6. The molecule has 0 radical (unpaired) electrons. The highest BCUT2D eigenvalue weighted by Crippen LogP contribution is 2.14. The van der Waals surface area contributed by atoms with Gasteiger partial charge in [0.2, 0.25) is 5.88 Å². The molecule has 2 rings (SSSR count). The molecule has 2 N–H and O–H groups in total. The fourth-order valence-corrected chi connectivity index (χ4v) is 1.65. The smallest absolute Gasteiger partial charge is 0.213 e. The summed E-state index contributed by atoms with van der Waals surface area (Å²) >= 11 is 5.83. The summed E-state index contributed by atoms with van der Waals surface area (Å²) in [5, 5.41) is 12.6. The fourth-order valence-electron chi connectivity index (χ4n) is 1.53. The van der Waals surface area contributed by atoms with E-state index in [1.807, 2.05) is 30.3 Å². The Bertz CT molecular complexity index is 500. The molecule has 5 heteroatoms. The highest BCUT2D eigenvalue weighted by molar-refractivity contribution is 6.30. The number of ether oxygens (including phenoxy) is 1. The number of pyridine rings is 1. The monoisotopic (exact) mass is 278 g/mol. The van der Waals surface area contributed by atoms with Gasteiger partial charge < -0.3 is 15.2 Å². The lowest BCUT2D eigenvalue weighted by molar-refractivity contribution is 0.196. The number of nitrogens with zero attached hydrogens (tertiary/aromatic N) is 1. The molecule has 0 aliphatic heterocycles. The first-order chi connectivity index (χ1) is 9.28. The Kier molecular flexibility index (Phi) is 5.01. The molecular formula is C14H15ClN2O2. The maximum Gasteiger partial charge on any atom is 0.213 e. The van der Waals surface area contributed by atoms with Crippen LogP contribution in [0, 0.1) is 0 Å². The van der Waals surface area contributed by atoms with E-state index in [1.54, 1.807) is 12.3 Å². The molecular weight excluding hydrogens is 264 g/mol. The predicted molar refractivity (Wildman–Crippen MR) is 75.6 cm³/mol. The molecule has 0 unspecified atom stereocenters. The lowest BCUT2D eigenvalue weighted by atomic mass is 10.2. The number of aliphatic hydroxyl groups is 1. The molecule has 4 nitrogen and oxygen atoms in total. The summed E-state index contributed by atoms with van der Waals surface area (Å²) in [6.45, 7) is 0.943. The molecule has 100 valence electrons. The van der Waals surface area contributed by atoms with Gasteiger partial charge in [0, 0.05) is 17.6 Å². The number of aliphatic hydroxyl groups excluding tert-OH is 1. The van der Waals surface area contributed by atoms with E-state index >= 15 is 0 Å². The summed E-state index contributed by atoms with van der Waals surface area (Å²) in [7, 11) is 0. The second-order valence-corrected chi connectivity index (χ2v) is 4.37. The Hall–Kier alpha value is -1.78. The topological polar surface area (TPSA) is 54.4 Å². The van der Waals surface area contributed by atoms with Gasteiger partial charge in [-0.15, -0.1) is 0 Å². The van der Waals surface area contributed by atoms with Gasteiger partial charge >= 0.3 is 0 Å². The summed E-state index contributed by atoms with van der Waals surface area (Å²) in [5.74, 6) is 0.506. The van der Waals surface area contributed by atoms with Gasteiger partial charge in [0.15, 0.2) is 0 Å². The van der Waals surface area contributed by atoms with Crippen molar-refractivity contribution in [2.75, 3.05) is 18.5 Å². The van der Waals surface area contributed by atoms with E-state index in [9.17, 15) is 0 Å². The van der Waals surface area contributed by atoms with Gasteiger partial charge in [-0.3, -0.25) is 0 Å². The third-order valence-electron chi connectivity index (χ3n) is 2.49. The zero-order valence-electron chi connectivity index (χ0n) is 10.3. The van der Waals surface area contributed by atoms with Gasteiger partial charge in [-0.1, -0.05) is 23.7 Å². The number of benzene rings is 1. The molecule has 0 spiro atoms. The minimum atomic E-state index is -0.0156. The van der Waals surface area contributed by atoms with E-state index < -0.39 is 0 Å². The van der Waals surface area contributed by atoms with E-state index in [0.29, 0.717) is 12.4 Å². The summed E-state index contributed by atoms with van der Waals surface area (Å²) in [4.78, 5) is 4.13. The van der Waals surface area contributed by atoms with E-state index in [0.717, 1.165) is 16.3 Å². The van der Waals surface area contributed by atoms with Crippen LogP contribution in [0.1, 0.15) is 5.56 Å². The molecule has 1 aromatic heterocycles. The van der Waals surface area contributed by atoms with Gasteiger partial charge in [0.25, 0.3) is 0 Å². The van der Waals surface area contributed by atoms with Gasteiger partial charge in [-0.05, 0) is 23.8 Å². The number of aromatic nitrogens is 1. The molecule has 2 aromatic rings. The molecule has 0 atom stereocenters. The third-order valence-corrected chi connectivity index (χ3v) is 2.74. The molecule has 1 heterocycles. The number of nitrogens with one attached hydrogen (secondary N) is 1. The Morgan fingerprint density at radius 3 is 2.58 bits per heavy atom. The quantitative estimate of drug-likeness (QED) is 0.853. The molecule has 19 heavy (non-hydrogen) atoms. The van der Waals surface area contributed by atoms with Crippen LogP contribution in [0.2, 0.25) is 5.02 Å². The van der Waals surface area contributed by atoms with Crippen LogP contribution in [0.15, 0.2) is 42.6 Å². The van der Waals surface area contributed by atoms with E-state index in [-0.39, 0.29) is 13.2 Å². The Balaban J connectivity index is 1.87. The van der Waals surface area contributed by atoms with Crippen molar-refractivity contribution in [1.82, 2.24) is 4.98 Å². The molecule has 0 saturated heterocycles. The minimum Gasteiger partial charge on any atom is -0.475 e. The standard InChI is InChI=1S/C14H15ClN2O2/c15-12-3-1-11(2-4-12)9-16-13-5-6-14(17-10-13)19-8-7-18/h1-6,10,16,18H,7-9H2. The number of hydrogen-bond donors (Lipinski definition) is 2. The first-order valence-corrected chi connectivity index (χ1v) is 6.34. The minimum absolute atomic E-state index is 0.0156. The molecule has 0 aliphatic carbocycles. The lowest BCUT2D eigenvalue weighted by Crippen LogP contribution is -2.04. The largest absolute Gasteiger partial charge is 0.475 e. The Labute approximate surface area is 117 Å². The van der Waals surface area contributed by atoms with Crippen molar-refractivity contribution in [1.29, 1.82) is 0 Å². The van der Waals surface area contributed by atoms with Crippen LogP contribution in [0.4, 0.5) is 5.69 Å². The van der Waals surface area contributed by atoms with Crippen molar-refractivity contribution < 1.29 is 9.84 Å². The maximum atomic E-state index is 8.64. The van der Waals surface area contributed by atoms with Gasteiger partial charge in [-0.2, -0.15) is 0 Å². The molecule has 0 fully saturated rings. The lowest BCUT2D eigenvalue weighted by Gasteiger charge is -2.07. The van der Waals surface area contributed by atoms with Crippen molar-refractivity contribution >= 4 is 17.3 Å². The predicted octanol–water partition coefficient (Wildman–Crippen LogP) is 2.72. The van der Waals surface area contributed by atoms with Gasteiger partial charge in [-0.25, -0.2) is 4.98 Å². The normalized spacial score (nSPS) is 10.2. The summed E-state index contributed by atoms with van der Waals surface area (Å²) in [5.41, 5.74) is 2.05. The van der Waals surface area contributed by atoms with Crippen molar-refractivity contribution in [3.8, 4) is 5.88 Å². The van der Waals surface area contributed by atoms with Crippen molar-refractivity contribution in [3.63, 3.8) is 0 Å². The van der Waals surface area contributed by atoms with Crippen LogP contribution in [0.3, 0.4) is 0 Å². The molecule has 0 amide bonds. The van der Waals surface area contributed by atoms with Crippen molar-refractivity contribution in [2.24, 2.45) is 0 Å². The highest BCUT2D eigenvalue weighted by atomic mass is 35.5. The van der Waals surface area contributed by atoms with E-state index in [1.165, 1.54) is 0 Å². The van der Waals surface area contributed by atoms with Crippen LogP contribution < -0.4 is 10.1 Å². The third kappa shape index (κ3) is 4.43. The van der Waals surface area contributed by atoms with Gasteiger partial charge in [0.05, 0.1) is 18.5 Å². The van der Waals surface area contributed by atoms with Crippen LogP contribution in [0.25, 0.3) is 0 Å². The average molecular weight is 279 g/mol. The first-order valence-electron chi connectivity index (χ1n) is 5.96. The average Bonchev–Trinajstić information content (AvgIpc) is 2.46. The summed E-state index contributed by atoms with van der Waals surface area (Å²) < 4.78 is 5.18. The number of hydrogen-bond acceptors (Lipinski definition) is 4.